The second-order valence-corrected chi connectivity index (χ2v) is 7.63. The van der Waals surface area contributed by atoms with E-state index in [0.717, 1.165) is 27.6 Å². The molecule has 30 heavy (non-hydrogen) atoms. The van der Waals surface area contributed by atoms with E-state index in [2.05, 4.69) is 46.0 Å². The van der Waals surface area contributed by atoms with Gasteiger partial charge in [0.25, 0.3) is 5.56 Å². The van der Waals surface area contributed by atoms with E-state index in [-0.39, 0.29) is 5.56 Å². The van der Waals surface area contributed by atoms with Crippen LogP contribution in [0.5, 0.6) is 0 Å². The lowest BCUT2D eigenvalue weighted by Crippen LogP contribution is -2.12. The molecule has 4 rings (SSSR count). The molecule has 1 heterocycles. The molecule has 3 heteroatoms. The van der Waals surface area contributed by atoms with Crippen LogP contribution in [0.25, 0.3) is 10.9 Å². The van der Waals surface area contributed by atoms with Crippen LogP contribution in [0, 0.1) is 11.8 Å². The fraction of sp³-hybridized carbons (Fsp3) is 0.148. The Morgan fingerprint density at radius 1 is 0.867 bits per heavy atom. The summed E-state index contributed by atoms with van der Waals surface area (Å²) in [6, 6.07) is 26.4. The first-order chi connectivity index (χ1) is 14.6. The average molecular weight is 393 g/mol. The number of pyridine rings is 1. The standard InChI is InChI=1S/C27H24N2O/c1-29(2)25-14-11-20(12-15-25)9-6-10-22-13-16-26-23(17-22)19-24(27(30)28-26)18-21-7-4-3-5-8-21/h3-5,7-8,11-17,19H,9,18H2,1-2H3,(H,28,30). The third-order valence-corrected chi connectivity index (χ3v) is 5.14. The van der Waals surface area contributed by atoms with Gasteiger partial charge in [-0.15, -0.1) is 0 Å². The van der Waals surface area contributed by atoms with Crippen molar-refractivity contribution in [3.63, 3.8) is 0 Å². The number of nitrogens with one attached hydrogen (secondary N) is 1. The summed E-state index contributed by atoms with van der Waals surface area (Å²) in [5.41, 5.74) is 6.02. The second kappa shape index (κ2) is 8.71. The van der Waals surface area contributed by atoms with E-state index < -0.39 is 0 Å². The minimum Gasteiger partial charge on any atom is -0.378 e. The van der Waals surface area contributed by atoms with Gasteiger partial charge in [-0.1, -0.05) is 54.3 Å². The van der Waals surface area contributed by atoms with Gasteiger partial charge in [0.1, 0.15) is 0 Å². The highest BCUT2D eigenvalue weighted by Crippen LogP contribution is 2.16. The number of H-pyrrole nitrogens is 1. The van der Waals surface area contributed by atoms with Crippen molar-refractivity contribution in [1.82, 2.24) is 4.98 Å². The summed E-state index contributed by atoms with van der Waals surface area (Å²) in [6.07, 6.45) is 1.32. The predicted octanol–water partition coefficient (Wildman–Crippen LogP) is 4.78. The van der Waals surface area contributed by atoms with E-state index in [0.29, 0.717) is 12.8 Å². The van der Waals surface area contributed by atoms with Gasteiger partial charge in [0.2, 0.25) is 0 Å². The predicted molar refractivity (Wildman–Crippen MR) is 125 cm³/mol. The third-order valence-electron chi connectivity index (χ3n) is 5.14. The molecule has 0 aliphatic heterocycles. The fourth-order valence-electron chi connectivity index (χ4n) is 3.44. The summed E-state index contributed by atoms with van der Waals surface area (Å²) in [4.78, 5) is 17.5. The molecule has 0 unspecified atom stereocenters. The van der Waals surface area contributed by atoms with Crippen LogP contribution in [0.4, 0.5) is 5.69 Å². The molecule has 0 radical (unpaired) electrons. The molecule has 0 fully saturated rings. The normalized spacial score (nSPS) is 10.5. The molecular weight excluding hydrogens is 368 g/mol. The number of nitrogens with zero attached hydrogens (tertiary/aromatic N) is 1. The Morgan fingerprint density at radius 2 is 1.63 bits per heavy atom. The largest absolute Gasteiger partial charge is 0.378 e. The van der Waals surface area contributed by atoms with Crippen molar-refractivity contribution in [2.24, 2.45) is 0 Å². The summed E-state index contributed by atoms with van der Waals surface area (Å²) in [7, 11) is 4.07. The van der Waals surface area contributed by atoms with Crippen LogP contribution < -0.4 is 10.5 Å². The SMILES string of the molecule is CN(C)c1ccc(CC#Cc2ccc3[nH]c(=O)c(Cc4ccccc4)cc3c2)cc1. The molecule has 0 aliphatic carbocycles. The summed E-state index contributed by atoms with van der Waals surface area (Å²) < 4.78 is 0. The van der Waals surface area contributed by atoms with Crippen molar-refractivity contribution in [2.75, 3.05) is 19.0 Å². The van der Waals surface area contributed by atoms with Crippen LogP contribution in [0.3, 0.4) is 0 Å². The van der Waals surface area contributed by atoms with Crippen LogP contribution in [0.1, 0.15) is 22.3 Å². The zero-order chi connectivity index (χ0) is 20.9. The Hall–Kier alpha value is -3.77. The maximum atomic E-state index is 12.4. The third kappa shape index (κ3) is 4.61. The van der Waals surface area contributed by atoms with Gasteiger partial charge in [0, 0.05) is 49.3 Å². The van der Waals surface area contributed by atoms with E-state index in [9.17, 15) is 4.79 Å². The van der Waals surface area contributed by atoms with Gasteiger partial charge in [-0.3, -0.25) is 4.79 Å². The number of anilines is 1. The van der Waals surface area contributed by atoms with Crippen molar-refractivity contribution in [3.8, 4) is 11.8 Å². The molecular formula is C27H24N2O. The molecule has 1 aromatic heterocycles. The lowest BCUT2D eigenvalue weighted by molar-refractivity contribution is 1.12. The minimum absolute atomic E-state index is 0.0358. The van der Waals surface area contributed by atoms with Crippen LogP contribution in [0.15, 0.2) is 83.7 Å². The molecule has 0 saturated carbocycles. The van der Waals surface area contributed by atoms with Crippen molar-refractivity contribution >= 4 is 16.6 Å². The van der Waals surface area contributed by atoms with Gasteiger partial charge in [0.05, 0.1) is 0 Å². The Labute approximate surface area is 177 Å². The topological polar surface area (TPSA) is 36.1 Å². The number of hydrogen-bond donors (Lipinski definition) is 1. The quantitative estimate of drug-likeness (QED) is 0.508. The maximum absolute atomic E-state index is 12.4. The lowest BCUT2D eigenvalue weighted by Gasteiger charge is -2.11. The molecule has 0 aliphatic rings. The molecule has 3 nitrogen and oxygen atoms in total. The molecule has 148 valence electrons. The van der Waals surface area contributed by atoms with Gasteiger partial charge in [-0.05, 0) is 52.9 Å². The van der Waals surface area contributed by atoms with Crippen LogP contribution in [0.2, 0.25) is 0 Å². The van der Waals surface area contributed by atoms with Gasteiger partial charge in [-0.2, -0.15) is 0 Å². The highest BCUT2D eigenvalue weighted by atomic mass is 16.1. The van der Waals surface area contributed by atoms with Crippen molar-refractivity contribution in [3.05, 3.63) is 111 Å². The average Bonchev–Trinajstić information content (AvgIpc) is 2.75. The van der Waals surface area contributed by atoms with Crippen LogP contribution in [-0.4, -0.2) is 19.1 Å². The second-order valence-electron chi connectivity index (χ2n) is 7.63. The van der Waals surface area contributed by atoms with E-state index in [4.69, 9.17) is 0 Å². The molecule has 4 aromatic rings. The zero-order valence-electron chi connectivity index (χ0n) is 17.3. The lowest BCUT2D eigenvalue weighted by atomic mass is 10.0. The Morgan fingerprint density at radius 3 is 2.37 bits per heavy atom. The first-order valence-electron chi connectivity index (χ1n) is 10.0. The molecule has 0 atom stereocenters. The van der Waals surface area contributed by atoms with Crippen molar-refractivity contribution in [1.29, 1.82) is 0 Å². The van der Waals surface area contributed by atoms with Crippen LogP contribution in [-0.2, 0) is 12.8 Å². The number of benzene rings is 3. The molecule has 1 N–H and O–H groups in total. The molecule has 3 aromatic carbocycles. The summed E-state index contributed by atoms with van der Waals surface area (Å²) in [5.74, 6) is 6.52. The van der Waals surface area contributed by atoms with Crippen LogP contribution >= 0.6 is 0 Å². The van der Waals surface area contributed by atoms with Crippen molar-refractivity contribution in [2.45, 2.75) is 12.8 Å². The summed E-state index contributed by atoms with van der Waals surface area (Å²) in [6.45, 7) is 0. The Kier molecular flexibility index (Phi) is 5.68. The minimum atomic E-state index is -0.0358. The number of aromatic amines is 1. The first kappa shape index (κ1) is 19.5. The van der Waals surface area contributed by atoms with E-state index in [1.54, 1.807) is 0 Å². The van der Waals surface area contributed by atoms with E-state index >= 15 is 0 Å². The number of rotatable bonds is 4. The Bertz CT molecular complexity index is 1270. The van der Waals surface area contributed by atoms with Gasteiger partial charge in [-0.25, -0.2) is 0 Å². The van der Waals surface area contributed by atoms with Crippen molar-refractivity contribution < 1.29 is 0 Å². The highest BCUT2D eigenvalue weighted by Gasteiger charge is 2.05. The number of hydrogen-bond acceptors (Lipinski definition) is 2. The summed E-state index contributed by atoms with van der Waals surface area (Å²) in [5, 5.41) is 1.00. The Balaban J connectivity index is 1.55. The maximum Gasteiger partial charge on any atom is 0.251 e. The fourth-order valence-corrected chi connectivity index (χ4v) is 3.44. The van der Waals surface area contributed by atoms with E-state index in [1.807, 2.05) is 68.7 Å². The first-order valence-corrected chi connectivity index (χ1v) is 10.0. The number of aromatic nitrogens is 1. The van der Waals surface area contributed by atoms with Gasteiger partial charge < -0.3 is 9.88 Å². The van der Waals surface area contributed by atoms with Gasteiger partial charge >= 0.3 is 0 Å². The van der Waals surface area contributed by atoms with E-state index in [1.165, 1.54) is 11.3 Å². The molecule has 0 spiro atoms. The smallest absolute Gasteiger partial charge is 0.251 e. The molecule has 0 bridgehead atoms. The molecule has 0 amide bonds. The zero-order valence-corrected chi connectivity index (χ0v) is 17.3. The summed E-state index contributed by atoms with van der Waals surface area (Å²) >= 11 is 0. The number of fused-ring (bicyclic) bond motifs is 1. The monoisotopic (exact) mass is 392 g/mol. The highest BCUT2D eigenvalue weighted by molar-refractivity contribution is 5.80. The van der Waals surface area contributed by atoms with Gasteiger partial charge in [0.15, 0.2) is 0 Å². The molecule has 0 saturated heterocycles.